The Morgan fingerprint density at radius 1 is 0.522 bits per heavy atom. The Morgan fingerprint density at radius 2 is 1.03 bits per heavy atom. The van der Waals surface area contributed by atoms with Crippen molar-refractivity contribution in [3.05, 3.63) is 120 Å². The van der Waals surface area contributed by atoms with Crippen LogP contribution in [-0.2, 0) is 117 Å². The van der Waals surface area contributed by atoms with Crippen molar-refractivity contribution >= 4 is 146 Å². The zero-order chi connectivity index (χ0) is 97.9. The minimum Gasteiger partial charge on any atom is -0.508 e. The molecule has 0 unspecified atom stereocenters. The molecule has 45 nitrogen and oxygen atoms in total. The van der Waals surface area contributed by atoms with Gasteiger partial charge >= 0.3 is 5.97 Å². The number of fused-ring (bicyclic) bond motifs is 4. The van der Waals surface area contributed by atoms with Gasteiger partial charge in [-0.1, -0.05) is 88.1 Å². The smallest absolute Gasteiger partial charge is 0.303 e. The SMILES string of the molecule is CCCC[C@H]1C(=O)N(C)[C@@H](CCCC)C(=O)N[C@@H](CCC(=O)O)C(=O)N[C@H](C(=O)NCC(N)=O)CSCC(=O)N[C@@H](Cc2ccc(O)cc2)C(=O)N(C)[C@@H](C)C(=O)N[C@H](CC(N)=O)C(=O)N2CCC[C@H]2C(=O)N[C@@H](Cc2c[nH]cn2)C(=O)N[C@@H](CC(N)=O)C(=O)N2C[C@H](O)C[C@H]2C(=O)N[C@@H](Cc2c[nH]c3ccccc23)C(=O)N[C@@H](CO)C(=O)N[C@@H](Cc2c[nH]c3ccccc23)C(=O)N1C. The van der Waals surface area contributed by atoms with E-state index in [1.165, 1.54) is 64.9 Å². The number of carboxylic acids is 1. The van der Waals surface area contributed by atoms with Crippen LogP contribution in [0.3, 0.4) is 0 Å². The first-order valence-corrected chi connectivity index (χ1v) is 45.2. The van der Waals surface area contributed by atoms with Gasteiger partial charge in [-0.05, 0) is 80.0 Å². The number of nitrogens with one attached hydrogen (secondary N) is 13. The number of hydrogen-bond donors (Lipinski definition) is 20. The predicted molar refractivity (Wildman–Crippen MR) is 482 cm³/mol. The molecule has 6 heterocycles. The molecule has 3 aliphatic rings. The van der Waals surface area contributed by atoms with Crippen molar-refractivity contribution in [2.75, 3.05) is 58.9 Å². The molecular weight excluding hydrogens is 1770 g/mol. The molecule has 9 rings (SSSR count). The van der Waals surface area contributed by atoms with Crippen molar-refractivity contribution in [1.82, 2.24) is 97.6 Å². The van der Waals surface area contributed by atoms with Crippen molar-refractivity contribution in [1.29, 1.82) is 0 Å². The number of hydrogen-bond acceptors (Lipinski definition) is 24. The highest BCUT2D eigenvalue weighted by Gasteiger charge is 2.47. The number of amides is 18. The normalized spacial score (nSPS) is 24.8. The Bertz CT molecular complexity index is 5260. The lowest BCUT2D eigenvalue weighted by atomic mass is 10.00. The molecule has 0 saturated carbocycles. The van der Waals surface area contributed by atoms with Gasteiger partial charge in [0.05, 0.1) is 49.9 Å². The Labute approximate surface area is 773 Å². The molecule has 6 aromatic rings. The monoisotopic (exact) mass is 1880 g/mol. The predicted octanol–water partition coefficient (Wildman–Crippen LogP) is -4.50. The molecule has 23 N–H and O–H groups in total. The number of rotatable bonds is 25. The molecular formula is C88H118N22O23S. The maximum absolute atomic E-state index is 15.7. The van der Waals surface area contributed by atoms with E-state index in [2.05, 4.69) is 73.1 Å². The van der Waals surface area contributed by atoms with Crippen LogP contribution in [-0.4, -0.2) is 327 Å². The third-order valence-corrected chi connectivity index (χ3v) is 24.7. The number of aromatic amines is 3. The molecule has 0 spiro atoms. The number of thioether (sulfide) groups is 1. The quantitative estimate of drug-likeness (QED) is 0.0257. The molecule has 0 bridgehead atoms. The molecule has 0 radical (unpaired) electrons. The number of primary amides is 3. The third kappa shape index (κ3) is 28.3. The molecule has 18 amide bonds. The second-order valence-corrected chi connectivity index (χ2v) is 34.5. The Balaban J connectivity index is 1.10. The fraction of sp³-hybridized carbons (Fsp3) is 0.500. The summed E-state index contributed by atoms with van der Waals surface area (Å²) in [4.78, 5) is 292. The molecule has 15 atom stereocenters. The van der Waals surface area contributed by atoms with Crippen LogP contribution in [0.4, 0.5) is 0 Å². The number of aliphatic hydroxyl groups excluding tert-OH is 2. The Hall–Kier alpha value is -14.1. The van der Waals surface area contributed by atoms with Gasteiger partial charge in [-0.25, -0.2) is 4.98 Å². The van der Waals surface area contributed by atoms with E-state index in [1.54, 1.807) is 74.8 Å². The van der Waals surface area contributed by atoms with E-state index in [9.17, 15) is 78.0 Å². The van der Waals surface area contributed by atoms with Gasteiger partial charge in [0, 0.05) is 119 Å². The van der Waals surface area contributed by atoms with Gasteiger partial charge in [0.15, 0.2) is 0 Å². The van der Waals surface area contributed by atoms with E-state index in [1.807, 2.05) is 0 Å². The zero-order valence-electron chi connectivity index (χ0n) is 75.0. The fourth-order valence-electron chi connectivity index (χ4n) is 16.2. The summed E-state index contributed by atoms with van der Waals surface area (Å²) in [5, 5.41) is 69.2. The topological polar surface area (TPSA) is 680 Å². The molecule has 724 valence electrons. The number of carbonyl (C=O) groups excluding carboxylic acids is 18. The number of phenolic OH excluding ortho intramolecular Hbond substituents is 1. The number of likely N-dealkylation sites (N-methyl/N-ethyl adjacent to an activating group) is 3. The number of carbonyl (C=O) groups is 19. The zero-order valence-corrected chi connectivity index (χ0v) is 75.8. The first-order valence-electron chi connectivity index (χ1n) is 44.0. The van der Waals surface area contributed by atoms with Crippen molar-refractivity contribution < 1.29 is 112 Å². The largest absolute Gasteiger partial charge is 0.508 e. The first kappa shape index (κ1) is 104. The molecule has 3 aromatic heterocycles. The average Bonchev–Trinajstić information content (AvgIpc) is 1.63. The lowest BCUT2D eigenvalue weighted by Crippen LogP contribution is -2.62. The van der Waals surface area contributed by atoms with Gasteiger partial charge in [0.1, 0.15) is 90.3 Å². The molecule has 3 saturated heterocycles. The number of benzene rings is 3. The van der Waals surface area contributed by atoms with E-state index in [-0.39, 0.29) is 75.8 Å². The van der Waals surface area contributed by atoms with Crippen molar-refractivity contribution in [3.63, 3.8) is 0 Å². The number of aliphatic carboxylic acids is 1. The Morgan fingerprint density at radius 3 is 1.60 bits per heavy atom. The standard InChI is InChI=1S/C88H118N22O23S/c1-7-9-20-66-81(126)98-57(27-28-74(118)119)77(122)105-65(76(121)95-40-72(91)116)43-134-44-73(117)97-60(30-47-23-25-51(112)26-24-47)84(129)106(4)46(3)75(120)101-62(35-70(89)114)86(131)109-29-15-22-67(109)82(127)100-59(33-50-39-92-45-96-50)79(124)103-63(36-71(90)115)87(132)110-41-52(113)34-69(110)83(128)99-58(31-48-37-93-55-18-13-11-16-53(48)55)78(123)104-64(42-111)80(125)102-61(32-49-38-94-56-19-14-12-17-54(49)56)85(130)108(6)68(21-10-8-2)88(133)107(66)5/h11-14,16-19,23-26,37-39,45-46,52,57-69,93-94,111-113H,7-10,15,20-22,27-36,40-44H2,1-6H3,(H2,89,114)(H2,90,115)(H2,91,116)(H,92,96)(H,95,121)(H,97,117)(H,98,126)(H,99,128)(H,100,127)(H,101,120)(H,102,125)(H,103,124)(H,104,123)(H,105,122)(H,118,119)/t46-,52+,57-,58-,59-,60-,61-,62+,63-,64-,65-,66-,67-,68-,69-/m0/s1. The number of imidazole rings is 1. The number of aromatic hydroxyl groups is 1. The molecule has 3 aliphatic heterocycles. The highest BCUT2D eigenvalue weighted by Crippen LogP contribution is 2.28. The van der Waals surface area contributed by atoms with Crippen molar-refractivity contribution in [3.8, 4) is 5.75 Å². The van der Waals surface area contributed by atoms with Crippen LogP contribution in [0.15, 0.2) is 97.7 Å². The van der Waals surface area contributed by atoms with Crippen molar-refractivity contribution in [2.45, 2.75) is 221 Å². The lowest BCUT2D eigenvalue weighted by Gasteiger charge is -2.36. The molecule has 134 heavy (non-hydrogen) atoms. The maximum Gasteiger partial charge on any atom is 0.303 e. The first-order chi connectivity index (χ1) is 63.8. The average molecular weight is 1880 g/mol. The highest BCUT2D eigenvalue weighted by atomic mass is 32.2. The number of aromatic nitrogens is 4. The molecule has 46 heteroatoms. The number of carboxylic acid groups (broad SMARTS) is 1. The summed E-state index contributed by atoms with van der Waals surface area (Å²) >= 11 is 0.693. The second-order valence-electron chi connectivity index (χ2n) is 33.5. The van der Waals surface area contributed by atoms with Crippen LogP contribution >= 0.6 is 11.8 Å². The number of unbranched alkanes of at least 4 members (excludes halogenated alkanes) is 2. The summed E-state index contributed by atoms with van der Waals surface area (Å²) < 4.78 is 0. The molecule has 3 fully saturated rings. The van der Waals surface area contributed by atoms with E-state index in [4.69, 9.17) is 17.2 Å². The van der Waals surface area contributed by atoms with Gasteiger partial charge in [-0.2, -0.15) is 0 Å². The van der Waals surface area contributed by atoms with Gasteiger partial charge in [0.2, 0.25) is 106 Å². The minimum atomic E-state index is -1.97. The summed E-state index contributed by atoms with van der Waals surface area (Å²) in [5.41, 5.74) is 19.4. The summed E-state index contributed by atoms with van der Waals surface area (Å²) in [7, 11) is 3.74. The Kier molecular flexibility index (Phi) is 37.8. The van der Waals surface area contributed by atoms with E-state index >= 15 is 33.6 Å². The van der Waals surface area contributed by atoms with Gasteiger partial charge in [0.25, 0.3) is 0 Å². The minimum absolute atomic E-state index is 0.0639. The number of nitrogens with zero attached hydrogens (tertiary/aromatic N) is 6. The molecule has 3 aromatic carbocycles. The number of phenols is 1. The van der Waals surface area contributed by atoms with Crippen LogP contribution in [0.1, 0.15) is 127 Å². The number of nitrogens with two attached hydrogens (primary N) is 3. The second kappa shape index (κ2) is 48.9. The summed E-state index contributed by atoms with van der Waals surface area (Å²) in [6.07, 6.45) is 0.332. The van der Waals surface area contributed by atoms with Gasteiger partial charge < -0.3 is 130 Å². The van der Waals surface area contributed by atoms with Crippen LogP contribution in [0.5, 0.6) is 5.75 Å². The van der Waals surface area contributed by atoms with E-state index in [0.29, 0.717) is 63.1 Å². The highest BCUT2D eigenvalue weighted by molar-refractivity contribution is 8.00. The summed E-state index contributed by atoms with van der Waals surface area (Å²) in [6.45, 7) is 2.08. The van der Waals surface area contributed by atoms with E-state index < -0.39 is 273 Å². The maximum atomic E-state index is 15.7. The van der Waals surface area contributed by atoms with Gasteiger partial charge in [-0.3, -0.25) is 91.1 Å². The van der Waals surface area contributed by atoms with Crippen LogP contribution in [0.25, 0.3) is 21.8 Å². The van der Waals surface area contributed by atoms with Crippen LogP contribution < -0.4 is 70.4 Å². The van der Waals surface area contributed by atoms with E-state index in [0.717, 1.165) is 24.5 Å². The fourth-order valence-corrected chi connectivity index (χ4v) is 17.1. The summed E-state index contributed by atoms with van der Waals surface area (Å²) in [6, 6.07) is -4.42. The lowest BCUT2D eigenvalue weighted by molar-refractivity contribution is -0.149. The van der Waals surface area contributed by atoms with Gasteiger partial charge in [-0.15, -0.1) is 11.8 Å². The number of H-pyrrole nitrogens is 3. The number of para-hydroxylation sites is 2. The third-order valence-electron chi connectivity index (χ3n) is 23.7. The van der Waals surface area contributed by atoms with Crippen LogP contribution in [0.2, 0.25) is 0 Å². The molecule has 0 aliphatic carbocycles. The van der Waals surface area contributed by atoms with Crippen LogP contribution in [0, 0.1) is 0 Å². The number of aliphatic hydroxyl groups is 2. The van der Waals surface area contributed by atoms with Crippen molar-refractivity contribution in [2.24, 2.45) is 17.2 Å². The summed E-state index contributed by atoms with van der Waals surface area (Å²) in [5.74, 6) is -21.7.